The molecule has 1 heterocycles. The molecular weight excluding hydrogens is 526 g/mol. The van der Waals surface area contributed by atoms with E-state index in [4.69, 9.17) is 0 Å². The first-order valence-electron chi connectivity index (χ1n) is 15.1. The van der Waals surface area contributed by atoms with E-state index < -0.39 is 6.61 Å². The van der Waals surface area contributed by atoms with Crippen LogP contribution in [0.2, 0.25) is 0 Å². The topological polar surface area (TPSA) is 115 Å². The number of rotatable bonds is 11. The third kappa shape index (κ3) is 6.41. The zero-order valence-electron chi connectivity index (χ0n) is 23.4. The SMILES string of the molecule is N#Cc1cnc(NCc2ccccc2OC(F)F)nc1NCC12CC3C[C@H](C1)C(NCC1CCC(O)CC1)[C@@H](C3)C2. The minimum Gasteiger partial charge on any atom is -0.434 e. The third-order valence-electron chi connectivity index (χ3n) is 10.0. The summed E-state index contributed by atoms with van der Waals surface area (Å²) in [6, 6.07) is 9.41. The second kappa shape index (κ2) is 12.1. The molecule has 2 aromatic rings. The van der Waals surface area contributed by atoms with E-state index in [0.717, 1.165) is 44.7 Å². The van der Waals surface area contributed by atoms with Crippen LogP contribution >= 0.6 is 0 Å². The van der Waals surface area contributed by atoms with Gasteiger partial charge in [0, 0.05) is 24.7 Å². The van der Waals surface area contributed by atoms with Crippen molar-refractivity contribution in [1.29, 1.82) is 5.26 Å². The van der Waals surface area contributed by atoms with Crippen molar-refractivity contribution in [2.75, 3.05) is 23.7 Å². The Bertz CT molecular complexity index is 1230. The van der Waals surface area contributed by atoms with E-state index in [1.807, 2.05) is 0 Å². The summed E-state index contributed by atoms with van der Waals surface area (Å²) in [6.45, 7) is -0.846. The highest BCUT2D eigenvalue weighted by Crippen LogP contribution is 2.60. The summed E-state index contributed by atoms with van der Waals surface area (Å²) in [4.78, 5) is 8.86. The van der Waals surface area contributed by atoms with Crippen molar-refractivity contribution >= 4 is 11.8 Å². The first-order chi connectivity index (χ1) is 19.9. The number of aromatic nitrogens is 2. The van der Waals surface area contributed by atoms with E-state index in [9.17, 15) is 19.1 Å². The fraction of sp³-hybridized carbons (Fsp3) is 0.645. The van der Waals surface area contributed by atoms with Crippen molar-refractivity contribution in [3.05, 3.63) is 41.6 Å². The van der Waals surface area contributed by atoms with E-state index >= 15 is 0 Å². The van der Waals surface area contributed by atoms with Gasteiger partial charge in [-0.15, -0.1) is 0 Å². The van der Waals surface area contributed by atoms with Crippen LogP contribution in [0.25, 0.3) is 0 Å². The van der Waals surface area contributed by atoms with E-state index in [1.165, 1.54) is 44.4 Å². The molecule has 1 aromatic carbocycles. The van der Waals surface area contributed by atoms with Gasteiger partial charge >= 0.3 is 6.61 Å². The van der Waals surface area contributed by atoms with Gasteiger partial charge in [0.2, 0.25) is 5.95 Å². The largest absolute Gasteiger partial charge is 0.434 e. The fourth-order valence-corrected chi connectivity index (χ4v) is 8.38. The van der Waals surface area contributed by atoms with Gasteiger partial charge in [0.05, 0.1) is 12.3 Å². The monoisotopic (exact) mass is 566 g/mol. The molecule has 0 spiro atoms. The van der Waals surface area contributed by atoms with Crippen LogP contribution in [0.3, 0.4) is 0 Å². The standard InChI is InChI=1S/C31H40F2N6O2/c32-29(33)41-26-4-2-1-3-21(26)16-36-30-37-17-24(14-34)28(39-30)38-18-31-11-20-9-22(12-31)27(23(10-20)13-31)35-15-19-5-7-25(40)8-6-19/h1-4,17,19-20,22-23,25,27,29,35,40H,5-13,15-16,18H2,(H2,36,37,38,39)/t19?,20?,22-,23+,25?,27?,31?. The lowest BCUT2D eigenvalue weighted by Gasteiger charge is -2.60. The van der Waals surface area contributed by atoms with Crippen LogP contribution in [0, 0.1) is 40.4 Å². The Balaban J connectivity index is 1.08. The van der Waals surface area contributed by atoms with E-state index in [1.54, 1.807) is 18.2 Å². The van der Waals surface area contributed by atoms with Crippen LogP contribution < -0.4 is 20.7 Å². The highest BCUT2D eigenvalue weighted by atomic mass is 19.3. The molecule has 5 aliphatic carbocycles. The number of nitrogens with zero attached hydrogens (tertiary/aromatic N) is 3. The third-order valence-corrected chi connectivity index (χ3v) is 10.0. The number of halogens is 2. The first kappa shape index (κ1) is 28.1. The Morgan fingerprint density at radius 1 is 1.07 bits per heavy atom. The van der Waals surface area contributed by atoms with Crippen LogP contribution in [-0.2, 0) is 6.54 Å². The number of hydrogen-bond donors (Lipinski definition) is 4. The van der Waals surface area contributed by atoms with Gasteiger partial charge in [-0.25, -0.2) is 4.98 Å². The molecule has 0 aliphatic heterocycles. The Kier molecular flexibility index (Phi) is 8.27. The molecule has 8 nitrogen and oxygen atoms in total. The lowest BCUT2D eigenvalue weighted by molar-refractivity contribution is -0.0705. The Morgan fingerprint density at radius 2 is 1.83 bits per heavy atom. The van der Waals surface area contributed by atoms with Crippen molar-refractivity contribution in [2.45, 2.75) is 83.1 Å². The predicted octanol–water partition coefficient (Wildman–Crippen LogP) is 5.31. The Morgan fingerprint density at radius 3 is 2.56 bits per heavy atom. The van der Waals surface area contributed by atoms with Gasteiger partial charge in [0.25, 0.3) is 0 Å². The van der Waals surface area contributed by atoms with Crippen molar-refractivity contribution in [1.82, 2.24) is 15.3 Å². The molecule has 4 N–H and O–H groups in total. The first-order valence-corrected chi connectivity index (χ1v) is 15.1. The summed E-state index contributed by atoms with van der Waals surface area (Å²) < 4.78 is 30.2. The van der Waals surface area contributed by atoms with Gasteiger partial charge in [0.1, 0.15) is 23.2 Å². The number of ether oxygens (including phenoxy) is 1. The maximum Gasteiger partial charge on any atom is 0.387 e. The zero-order valence-corrected chi connectivity index (χ0v) is 23.4. The maximum absolute atomic E-state index is 12.8. The van der Waals surface area contributed by atoms with Crippen molar-refractivity contribution < 1.29 is 18.6 Å². The smallest absolute Gasteiger partial charge is 0.387 e. The normalized spacial score (nSPS) is 32.1. The summed E-state index contributed by atoms with van der Waals surface area (Å²) in [5.74, 6) is 3.76. The number of anilines is 2. The van der Waals surface area contributed by atoms with E-state index in [-0.39, 0.29) is 23.8 Å². The molecule has 41 heavy (non-hydrogen) atoms. The Labute approximate surface area is 240 Å². The van der Waals surface area contributed by atoms with Crippen molar-refractivity contribution in [3.8, 4) is 11.8 Å². The second-order valence-electron chi connectivity index (χ2n) is 12.8. The summed E-state index contributed by atoms with van der Waals surface area (Å²) in [6.07, 6.45) is 11.7. The molecule has 0 radical (unpaired) electrons. The van der Waals surface area contributed by atoms with Gasteiger partial charge in [-0.05, 0) is 99.5 Å². The number of alkyl halides is 2. The minimum atomic E-state index is -2.90. The number of nitrogens with one attached hydrogen (secondary N) is 3. The van der Waals surface area contributed by atoms with Gasteiger partial charge < -0.3 is 25.8 Å². The molecule has 7 rings (SSSR count). The van der Waals surface area contributed by atoms with E-state index in [0.29, 0.717) is 46.7 Å². The molecule has 4 bridgehead atoms. The van der Waals surface area contributed by atoms with E-state index in [2.05, 4.69) is 36.7 Å². The number of hydrogen-bond acceptors (Lipinski definition) is 8. The number of benzene rings is 1. The van der Waals surface area contributed by atoms with Gasteiger partial charge in [-0.1, -0.05) is 18.2 Å². The van der Waals surface area contributed by atoms with Gasteiger partial charge in [-0.2, -0.15) is 19.0 Å². The van der Waals surface area contributed by atoms with Crippen LogP contribution in [0.1, 0.15) is 68.9 Å². The van der Waals surface area contributed by atoms with Crippen LogP contribution in [0.5, 0.6) is 5.75 Å². The van der Waals surface area contributed by atoms with Crippen LogP contribution in [0.4, 0.5) is 20.5 Å². The average molecular weight is 567 g/mol. The van der Waals surface area contributed by atoms with Crippen molar-refractivity contribution in [3.63, 3.8) is 0 Å². The Hall–Kier alpha value is -3.03. The minimum absolute atomic E-state index is 0.104. The van der Waals surface area contributed by atoms with Crippen LogP contribution in [0.15, 0.2) is 30.5 Å². The molecule has 220 valence electrons. The number of para-hydroxylation sites is 1. The molecule has 0 amide bonds. The lowest BCUT2D eigenvalue weighted by Crippen LogP contribution is -2.60. The highest BCUT2D eigenvalue weighted by Gasteiger charge is 2.55. The molecule has 1 aromatic heterocycles. The molecular formula is C31H40F2N6O2. The molecule has 3 unspecified atom stereocenters. The maximum atomic E-state index is 12.8. The molecule has 0 saturated heterocycles. The summed E-state index contributed by atoms with van der Waals surface area (Å²) in [5.41, 5.74) is 1.16. The summed E-state index contributed by atoms with van der Waals surface area (Å²) in [5, 5.41) is 30.2. The summed E-state index contributed by atoms with van der Waals surface area (Å²) in [7, 11) is 0. The highest BCUT2D eigenvalue weighted by molar-refractivity contribution is 5.53. The molecule has 5 saturated carbocycles. The average Bonchev–Trinajstić information content (AvgIpc) is 2.96. The van der Waals surface area contributed by atoms with Crippen molar-refractivity contribution in [2.24, 2.45) is 29.1 Å². The molecule has 5 fully saturated rings. The molecule has 5 aliphatic rings. The molecule has 10 heteroatoms. The number of nitriles is 1. The molecule has 5 atom stereocenters. The predicted molar refractivity (Wildman–Crippen MR) is 151 cm³/mol. The van der Waals surface area contributed by atoms with Crippen LogP contribution in [-0.4, -0.2) is 46.9 Å². The number of aliphatic hydroxyl groups excluding tert-OH is 1. The zero-order chi connectivity index (χ0) is 28.4. The number of aliphatic hydroxyl groups is 1. The lowest BCUT2D eigenvalue weighted by atomic mass is 9.48. The quantitative estimate of drug-likeness (QED) is 0.289. The van der Waals surface area contributed by atoms with Gasteiger partial charge in [0.15, 0.2) is 0 Å². The second-order valence-corrected chi connectivity index (χ2v) is 12.8. The fourth-order valence-electron chi connectivity index (χ4n) is 8.38. The summed E-state index contributed by atoms with van der Waals surface area (Å²) >= 11 is 0. The van der Waals surface area contributed by atoms with Gasteiger partial charge in [-0.3, -0.25) is 0 Å².